The molecule has 0 aromatic heterocycles. The minimum atomic E-state index is -2.33. The summed E-state index contributed by atoms with van der Waals surface area (Å²) in [5, 5.41) is -0.123. The Kier molecular flexibility index (Phi) is 6.64. The zero-order valence-corrected chi connectivity index (χ0v) is 19.8. The molecule has 0 atom stereocenters. The molecule has 29 heavy (non-hydrogen) atoms. The van der Waals surface area contributed by atoms with Crippen molar-refractivity contribution >= 4 is 25.8 Å². The van der Waals surface area contributed by atoms with Crippen LogP contribution in [0.25, 0.3) is 5.57 Å². The molecular formula is C22H33NO5Si. The Morgan fingerprint density at radius 2 is 1.72 bits per heavy atom. The highest BCUT2D eigenvalue weighted by Crippen LogP contribution is 2.38. The van der Waals surface area contributed by atoms with E-state index in [0.717, 1.165) is 5.56 Å². The topological polar surface area (TPSA) is 65.1 Å². The van der Waals surface area contributed by atoms with Gasteiger partial charge in [-0.3, -0.25) is 14.5 Å². The number of amides is 1. The molecule has 0 saturated carbocycles. The Hall–Kier alpha value is -2.12. The fourth-order valence-electron chi connectivity index (χ4n) is 2.70. The lowest BCUT2D eigenvalue weighted by Crippen LogP contribution is -2.58. The van der Waals surface area contributed by atoms with Crippen LogP contribution in [0, 0.1) is 0 Å². The van der Waals surface area contributed by atoms with Gasteiger partial charge in [0.05, 0.1) is 5.57 Å². The Labute approximate surface area is 175 Å². The largest absolute Gasteiger partial charge is 0.517 e. The molecule has 1 amide bonds. The van der Waals surface area contributed by atoms with Crippen LogP contribution in [0.2, 0.25) is 18.1 Å². The van der Waals surface area contributed by atoms with Crippen molar-refractivity contribution in [3.63, 3.8) is 0 Å². The Bertz CT molecular complexity index is 793. The lowest BCUT2D eigenvalue weighted by molar-refractivity contribution is -0.159. The van der Waals surface area contributed by atoms with E-state index in [9.17, 15) is 9.59 Å². The maximum atomic E-state index is 13.5. The highest BCUT2D eigenvalue weighted by Gasteiger charge is 2.48. The molecule has 1 aromatic rings. The predicted octanol–water partition coefficient (Wildman–Crippen LogP) is 4.19. The molecule has 0 fully saturated rings. The van der Waals surface area contributed by atoms with Crippen LogP contribution in [0.5, 0.6) is 0 Å². The number of benzene rings is 1. The molecular weight excluding hydrogens is 386 g/mol. The van der Waals surface area contributed by atoms with Crippen molar-refractivity contribution in [1.29, 1.82) is 0 Å². The number of carbonyl (C=O) groups excluding carboxylic acids is 2. The minimum Gasteiger partial charge on any atom is -0.517 e. The zero-order chi connectivity index (χ0) is 22.0. The molecule has 2 rings (SSSR count). The van der Waals surface area contributed by atoms with E-state index in [1.807, 2.05) is 43.4 Å². The average molecular weight is 420 g/mol. The number of nitrogens with zero attached hydrogens (tertiary/aromatic N) is 1. The molecule has 0 N–H and O–H groups in total. The van der Waals surface area contributed by atoms with E-state index in [0.29, 0.717) is 11.3 Å². The van der Waals surface area contributed by atoms with Gasteiger partial charge in [-0.05, 0) is 37.5 Å². The number of ether oxygens (including phenoxy) is 2. The van der Waals surface area contributed by atoms with Crippen LogP contribution in [0.4, 0.5) is 0 Å². The third-order valence-corrected chi connectivity index (χ3v) is 10.1. The Morgan fingerprint density at radius 1 is 1.14 bits per heavy atom. The Morgan fingerprint density at radius 3 is 2.24 bits per heavy atom. The highest BCUT2D eigenvalue weighted by atomic mass is 28.4. The molecule has 160 valence electrons. The van der Waals surface area contributed by atoms with Gasteiger partial charge >= 0.3 is 5.97 Å². The van der Waals surface area contributed by atoms with Crippen molar-refractivity contribution in [2.45, 2.75) is 58.3 Å². The van der Waals surface area contributed by atoms with E-state index in [-0.39, 0.29) is 24.3 Å². The van der Waals surface area contributed by atoms with Gasteiger partial charge in [0.25, 0.3) is 14.2 Å². The summed E-state index contributed by atoms with van der Waals surface area (Å²) in [4.78, 5) is 28.0. The van der Waals surface area contributed by atoms with E-state index < -0.39 is 19.8 Å². The second kappa shape index (κ2) is 8.32. The maximum Gasteiger partial charge on any atom is 0.318 e. The van der Waals surface area contributed by atoms with Crippen LogP contribution < -0.4 is 0 Å². The van der Waals surface area contributed by atoms with Crippen LogP contribution in [0.3, 0.4) is 0 Å². The molecule has 0 spiro atoms. The van der Waals surface area contributed by atoms with Crippen molar-refractivity contribution in [2.24, 2.45) is 0 Å². The van der Waals surface area contributed by atoms with Gasteiger partial charge in [0.2, 0.25) is 0 Å². The molecule has 0 radical (unpaired) electrons. The van der Waals surface area contributed by atoms with Crippen LogP contribution in [0.1, 0.15) is 40.2 Å². The number of methoxy groups -OCH3 is 1. The van der Waals surface area contributed by atoms with E-state index in [2.05, 4.69) is 20.8 Å². The van der Waals surface area contributed by atoms with E-state index in [4.69, 9.17) is 13.9 Å². The average Bonchev–Trinajstić information content (AvgIpc) is 2.61. The van der Waals surface area contributed by atoms with Crippen LogP contribution >= 0.6 is 0 Å². The first-order valence-corrected chi connectivity index (χ1v) is 12.7. The second-order valence-corrected chi connectivity index (χ2v) is 14.0. The van der Waals surface area contributed by atoms with E-state index in [1.54, 1.807) is 21.0 Å². The summed E-state index contributed by atoms with van der Waals surface area (Å²) < 4.78 is 17.1. The highest BCUT2D eigenvalue weighted by molar-refractivity contribution is 6.75. The van der Waals surface area contributed by atoms with Gasteiger partial charge in [0.1, 0.15) is 17.9 Å². The molecule has 1 aromatic carbocycles. The monoisotopic (exact) mass is 419 g/mol. The molecule has 0 aliphatic carbocycles. The molecule has 1 aliphatic heterocycles. The third-order valence-electron chi connectivity index (χ3n) is 5.77. The summed E-state index contributed by atoms with van der Waals surface area (Å²) in [6.07, 6.45) is 0. The number of carbonyl (C=O) groups is 2. The van der Waals surface area contributed by atoms with Gasteiger partial charge in [0, 0.05) is 7.11 Å². The van der Waals surface area contributed by atoms with Gasteiger partial charge in [-0.25, -0.2) is 0 Å². The van der Waals surface area contributed by atoms with Crippen molar-refractivity contribution < 1.29 is 23.5 Å². The number of rotatable bonds is 6. The van der Waals surface area contributed by atoms with Crippen molar-refractivity contribution in [1.82, 2.24) is 4.90 Å². The third kappa shape index (κ3) is 4.73. The molecule has 1 heterocycles. The fourth-order valence-corrected chi connectivity index (χ4v) is 3.72. The summed E-state index contributed by atoms with van der Waals surface area (Å²) in [5.41, 5.74) is -0.0414. The lowest BCUT2D eigenvalue weighted by Gasteiger charge is -2.43. The quantitative estimate of drug-likeness (QED) is 0.647. The van der Waals surface area contributed by atoms with Gasteiger partial charge in [0.15, 0.2) is 6.73 Å². The van der Waals surface area contributed by atoms with Crippen molar-refractivity contribution in [3.8, 4) is 0 Å². The van der Waals surface area contributed by atoms with Crippen molar-refractivity contribution in [3.05, 3.63) is 41.7 Å². The van der Waals surface area contributed by atoms with E-state index in [1.165, 1.54) is 4.90 Å². The predicted molar refractivity (Wildman–Crippen MR) is 115 cm³/mol. The Balaban J connectivity index is 2.38. The summed E-state index contributed by atoms with van der Waals surface area (Å²) in [5.74, 6) is -0.219. The van der Waals surface area contributed by atoms with E-state index >= 15 is 0 Å². The summed E-state index contributed by atoms with van der Waals surface area (Å²) >= 11 is 0. The van der Waals surface area contributed by atoms with Gasteiger partial charge < -0.3 is 13.9 Å². The SMILES string of the molecule is COCC1=C(c2ccccc2)C(=O)N(C(C)(C)C(=O)O[Si](C)(C)C(C)(C)C)CO1. The first kappa shape index (κ1) is 23.2. The fraction of sp³-hybridized carbons (Fsp3) is 0.545. The molecule has 0 saturated heterocycles. The summed E-state index contributed by atoms with van der Waals surface area (Å²) in [6, 6.07) is 9.28. The van der Waals surface area contributed by atoms with Crippen molar-refractivity contribution in [2.75, 3.05) is 20.4 Å². The van der Waals surface area contributed by atoms with Gasteiger partial charge in [-0.15, -0.1) is 0 Å². The zero-order valence-electron chi connectivity index (χ0n) is 18.8. The molecule has 0 bridgehead atoms. The summed E-state index contributed by atoms with van der Waals surface area (Å²) in [6.45, 7) is 13.8. The lowest BCUT2D eigenvalue weighted by atomic mass is 9.97. The first-order chi connectivity index (χ1) is 13.3. The van der Waals surface area contributed by atoms with Crippen LogP contribution in [-0.4, -0.2) is 51.1 Å². The second-order valence-electron chi connectivity index (χ2n) is 9.31. The normalized spacial score (nSPS) is 16.0. The summed E-state index contributed by atoms with van der Waals surface area (Å²) in [7, 11) is -0.779. The molecule has 6 nitrogen and oxygen atoms in total. The van der Waals surface area contributed by atoms with Crippen LogP contribution in [-0.2, 0) is 23.5 Å². The molecule has 0 unspecified atom stereocenters. The molecule has 1 aliphatic rings. The number of hydrogen-bond acceptors (Lipinski definition) is 5. The number of hydrogen-bond donors (Lipinski definition) is 0. The minimum absolute atomic E-state index is 0.0343. The standard InChI is InChI=1S/C22H33NO5Si/c1-21(2,3)29(7,8)28-20(25)22(4,5)23-15-27-17(14-26-6)18(19(23)24)16-12-10-9-11-13-16/h9-13H,14-15H2,1-8H3. The molecule has 7 heteroatoms. The van der Waals surface area contributed by atoms with Gasteiger partial charge in [-0.2, -0.15) is 0 Å². The first-order valence-electron chi connectivity index (χ1n) is 9.78. The van der Waals surface area contributed by atoms with Crippen LogP contribution in [0.15, 0.2) is 36.1 Å². The van der Waals surface area contributed by atoms with Gasteiger partial charge in [-0.1, -0.05) is 51.1 Å². The maximum absolute atomic E-state index is 13.5. The smallest absolute Gasteiger partial charge is 0.318 e.